The molecule has 1 aromatic heterocycles. The first-order valence-electron chi connectivity index (χ1n) is 7.18. The predicted molar refractivity (Wildman–Crippen MR) is 76.4 cm³/mol. The Kier molecular flexibility index (Phi) is 5.29. The Morgan fingerprint density at radius 3 is 3.00 bits per heavy atom. The second-order valence-corrected chi connectivity index (χ2v) is 5.31. The number of nitrogens with one attached hydrogen (secondary N) is 2. The molecule has 3 N–H and O–H groups in total. The fraction of sp³-hybridized carbons (Fsp3) is 0.643. The number of aromatic nitrogens is 2. The predicted octanol–water partition coefficient (Wildman–Crippen LogP) is 1.85. The van der Waals surface area contributed by atoms with Crippen molar-refractivity contribution in [2.75, 3.05) is 11.9 Å². The average Bonchev–Trinajstić information content (AvgIpc) is 2.43. The van der Waals surface area contributed by atoms with Crippen LogP contribution in [0.3, 0.4) is 0 Å². The van der Waals surface area contributed by atoms with Crippen molar-refractivity contribution in [1.82, 2.24) is 15.5 Å². The van der Waals surface area contributed by atoms with E-state index in [1.54, 1.807) is 19.2 Å². The summed E-state index contributed by atoms with van der Waals surface area (Å²) in [7, 11) is 0. The van der Waals surface area contributed by atoms with E-state index in [9.17, 15) is 9.90 Å². The smallest absolute Gasteiger partial charge is 0.319 e. The van der Waals surface area contributed by atoms with Gasteiger partial charge in [0.05, 0.1) is 23.7 Å². The highest BCUT2D eigenvalue weighted by molar-refractivity contribution is 5.89. The minimum atomic E-state index is -0.244. The number of anilines is 1. The summed E-state index contributed by atoms with van der Waals surface area (Å²) in [6, 6.07) is 1.47. The van der Waals surface area contributed by atoms with Crippen LogP contribution in [0.4, 0.5) is 10.5 Å². The summed E-state index contributed by atoms with van der Waals surface area (Å²) in [5, 5.41) is 23.0. The van der Waals surface area contributed by atoms with Crippen LogP contribution in [-0.4, -0.2) is 34.0 Å². The summed E-state index contributed by atoms with van der Waals surface area (Å²) >= 11 is 0. The Morgan fingerprint density at radius 2 is 2.25 bits per heavy atom. The number of aryl methyl sites for hydroxylation is 1. The Morgan fingerprint density at radius 1 is 1.45 bits per heavy atom. The zero-order chi connectivity index (χ0) is 14.4. The lowest BCUT2D eigenvalue weighted by Crippen LogP contribution is -2.33. The fourth-order valence-electron chi connectivity index (χ4n) is 2.60. The second kappa shape index (κ2) is 7.19. The van der Waals surface area contributed by atoms with Crippen LogP contribution < -0.4 is 10.6 Å². The van der Waals surface area contributed by atoms with Crippen molar-refractivity contribution in [3.63, 3.8) is 0 Å². The van der Waals surface area contributed by atoms with E-state index < -0.39 is 0 Å². The quantitative estimate of drug-likeness (QED) is 0.784. The largest absolute Gasteiger partial charge is 0.393 e. The molecule has 1 aliphatic rings. The van der Waals surface area contributed by atoms with E-state index in [0.717, 1.165) is 25.7 Å². The standard InChI is InChI=1S/C14H22N4O2/c1-10-12(7-9-16-18-10)17-14(20)15-8-6-11-4-2-3-5-13(11)19/h7,9,11,13,19H,2-6,8H2,1H3,(H2,15,16,17,20)/t11-,13-/m0/s1. The number of nitrogens with zero attached hydrogens (tertiary/aromatic N) is 2. The normalized spacial score (nSPS) is 22.3. The molecule has 110 valence electrons. The van der Waals surface area contributed by atoms with Crippen molar-refractivity contribution in [3.05, 3.63) is 18.0 Å². The average molecular weight is 278 g/mol. The third-order valence-corrected chi connectivity index (χ3v) is 3.82. The van der Waals surface area contributed by atoms with Gasteiger partial charge in [0.2, 0.25) is 0 Å². The van der Waals surface area contributed by atoms with Gasteiger partial charge >= 0.3 is 6.03 Å². The molecule has 0 aromatic carbocycles. The lowest BCUT2D eigenvalue weighted by molar-refractivity contribution is 0.0658. The van der Waals surface area contributed by atoms with Crippen LogP contribution in [0.15, 0.2) is 12.3 Å². The van der Waals surface area contributed by atoms with Gasteiger partial charge in [0, 0.05) is 6.54 Å². The summed E-state index contributed by atoms with van der Waals surface area (Å²) in [6.07, 6.45) is 6.38. The molecular weight excluding hydrogens is 256 g/mol. The Labute approximate surface area is 119 Å². The van der Waals surface area contributed by atoms with Gasteiger partial charge in [-0.3, -0.25) is 0 Å². The van der Waals surface area contributed by atoms with Gasteiger partial charge < -0.3 is 15.7 Å². The molecule has 0 spiro atoms. The van der Waals surface area contributed by atoms with E-state index >= 15 is 0 Å². The zero-order valence-corrected chi connectivity index (χ0v) is 11.8. The first kappa shape index (κ1) is 14.7. The molecule has 1 saturated carbocycles. The van der Waals surface area contributed by atoms with E-state index in [1.165, 1.54) is 6.42 Å². The number of urea groups is 1. The molecule has 2 atom stereocenters. The van der Waals surface area contributed by atoms with E-state index in [4.69, 9.17) is 0 Å². The minimum absolute atomic E-state index is 0.208. The third-order valence-electron chi connectivity index (χ3n) is 3.82. The maximum absolute atomic E-state index is 11.8. The molecule has 20 heavy (non-hydrogen) atoms. The molecule has 0 radical (unpaired) electrons. The van der Waals surface area contributed by atoms with Crippen molar-refractivity contribution in [2.24, 2.45) is 5.92 Å². The molecule has 1 fully saturated rings. The van der Waals surface area contributed by atoms with Crippen LogP contribution in [0.5, 0.6) is 0 Å². The lowest BCUT2D eigenvalue weighted by Gasteiger charge is -2.27. The number of carbonyl (C=O) groups is 1. The van der Waals surface area contributed by atoms with E-state index in [2.05, 4.69) is 20.8 Å². The number of carbonyl (C=O) groups excluding carboxylic acids is 1. The van der Waals surface area contributed by atoms with Crippen LogP contribution in [0, 0.1) is 12.8 Å². The third kappa shape index (κ3) is 4.16. The summed E-state index contributed by atoms with van der Waals surface area (Å²) in [5.74, 6) is 0.313. The van der Waals surface area contributed by atoms with E-state index in [1.807, 2.05) is 0 Å². The van der Waals surface area contributed by atoms with Gasteiger partial charge in [-0.25, -0.2) is 4.79 Å². The van der Waals surface area contributed by atoms with E-state index in [-0.39, 0.29) is 12.1 Å². The monoisotopic (exact) mass is 278 g/mol. The van der Waals surface area contributed by atoms with Crippen molar-refractivity contribution in [1.29, 1.82) is 0 Å². The SMILES string of the molecule is Cc1nnccc1NC(=O)NCC[C@@H]1CCCC[C@@H]1O. The molecule has 1 aromatic rings. The molecule has 0 unspecified atom stereocenters. The molecule has 0 bridgehead atoms. The van der Waals surface area contributed by atoms with Gasteiger partial charge in [-0.05, 0) is 38.2 Å². The van der Waals surface area contributed by atoms with E-state index in [0.29, 0.717) is 23.8 Å². The fourth-order valence-corrected chi connectivity index (χ4v) is 2.60. The lowest BCUT2D eigenvalue weighted by atomic mass is 9.84. The van der Waals surface area contributed by atoms with Gasteiger partial charge in [-0.1, -0.05) is 12.8 Å². The molecular formula is C14H22N4O2. The van der Waals surface area contributed by atoms with Crippen LogP contribution in [0.1, 0.15) is 37.8 Å². The minimum Gasteiger partial charge on any atom is -0.393 e. The molecule has 2 rings (SSSR count). The molecule has 6 heteroatoms. The highest BCUT2D eigenvalue weighted by Gasteiger charge is 2.22. The zero-order valence-electron chi connectivity index (χ0n) is 11.8. The van der Waals surface area contributed by atoms with Gasteiger partial charge in [-0.2, -0.15) is 10.2 Å². The van der Waals surface area contributed by atoms with Crippen molar-refractivity contribution >= 4 is 11.7 Å². The highest BCUT2D eigenvalue weighted by atomic mass is 16.3. The number of aliphatic hydroxyl groups is 1. The molecule has 0 aliphatic heterocycles. The van der Waals surface area contributed by atoms with Gasteiger partial charge in [0.25, 0.3) is 0 Å². The summed E-state index contributed by atoms with van der Waals surface area (Å²) in [6.45, 7) is 2.37. The molecule has 1 aliphatic carbocycles. The molecule has 2 amide bonds. The van der Waals surface area contributed by atoms with Crippen LogP contribution in [0.25, 0.3) is 0 Å². The molecule has 6 nitrogen and oxygen atoms in total. The summed E-state index contributed by atoms with van der Waals surface area (Å²) < 4.78 is 0. The van der Waals surface area contributed by atoms with Crippen molar-refractivity contribution < 1.29 is 9.90 Å². The summed E-state index contributed by atoms with van der Waals surface area (Å²) in [4.78, 5) is 11.8. The Bertz CT molecular complexity index is 453. The number of hydrogen-bond acceptors (Lipinski definition) is 4. The van der Waals surface area contributed by atoms with Crippen molar-refractivity contribution in [3.8, 4) is 0 Å². The molecule has 0 saturated heterocycles. The number of aliphatic hydroxyl groups excluding tert-OH is 1. The van der Waals surface area contributed by atoms with Gasteiger partial charge in [-0.15, -0.1) is 0 Å². The summed E-state index contributed by atoms with van der Waals surface area (Å²) in [5.41, 5.74) is 1.35. The topological polar surface area (TPSA) is 87.1 Å². The number of amides is 2. The Hall–Kier alpha value is -1.69. The van der Waals surface area contributed by atoms with Crippen LogP contribution in [-0.2, 0) is 0 Å². The maximum Gasteiger partial charge on any atom is 0.319 e. The number of hydrogen-bond donors (Lipinski definition) is 3. The van der Waals surface area contributed by atoms with Crippen LogP contribution in [0.2, 0.25) is 0 Å². The number of rotatable bonds is 4. The van der Waals surface area contributed by atoms with Gasteiger partial charge in [0.15, 0.2) is 0 Å². The van der Waals surface area contributed by atoms with Crippen LogP contribution >= 0.6 is 0 Å². The second-order valence-electron chi connectivity index (χ2n) is 5.31. The maximum atomic E-state index is 11.8. The first-order chi connectivity index (χ1) is 9.66. The highest BCUT2D eigenvalue weighted by Crippen LogP contribution is 2.26. The first-order valence-corrected chi connectivity index (χ1v) is 7.18. The molecule has 1 heterocycles. The van der Waals surface area contributed by atoms with Crippen molar-refractivity contribution in [2.45, 2.75) is 45.1 Å². The van der Waals surface area contributed by atoms with Gasteiger partial charge in [0.1, 0.15) is 0 Å². The Balaban J connectivity index is 1.71.